The summed E-state index contributed by atoms with van der Waals surface area (Å²) in [5.74, 6) is 0.121. The summed E-state index contributed by atoms with van der Waals surface area (Å²) in [6.07, 6.45) is 3.20. The van der Waals surface area contributed by atoms with Crippen LogP contribution >= 0.6 is 11.6 Å². The zero-order valence-corrected chi connectivity index (χ0v) is 12.8. The summed E-state index contributed by atoms with van der Waals surface area (Å²) in [6.45, 7) is 3.05. The summed E-state index contributed by atoms with van der Waals surface area (Å²) in [5.41, 5.74) is 5.52. The van der Waals surface area contributed by atoms with Gasteiger partial charge in [0.1, 0.15) is 5.82 Å². The Hall–Kier alpha value is -2.02. The molecule has 0 aliphatic carbocycles. The van der Waals surface area contributed by atoms with Crippen molar-refractivity contribution in [2.24, 2.45) is 5.73 Å². The smallest absolute Gasteiger partial charge is 0.317 e. The molecule has 0 saturated carbocycles. The molecule has 0 radical (unpaired) electrons. The maximum atomic E-state index is 11.7. The van der Waals surface area contributed by atoms with Gasteiger partial charge in [0.15, 0.2) is 0 Å². The van der Waals surface area contributed by atoms with E-state index in [0.717, 1.165) is 39.0 Å². The van der Waals surface area contributed by atoms with Crippen LogP contribution in [-0.4, -0.2) is 54.0 Å². The fourth-order valence-corrected chi connectivity index (χ4v) is 3.31. The third kappa shape index (κ3) is 2.81. The predicted octanol–water partition coefficient (Wildman–Crippen LogP) is 0.828. The van der Waals surface area contributed by atoms with Crippen LogP contribution in [-0.2, 0) is 0 Å². The van der Waals surface area contributed by atoms with Gasteiger partial charge < -0.3 is 20.9 Å². The van der Waals surface area contributed by atoms with Crippen LogP contribution in [0.15, 0.2) is 12.3 Å². The molecule has 3 N–H and O–H groups in total. The van der Waals surface area contributed by atoms with Crippen LogP contribution in [0.1, 0.15) is 23.2 Å². The minimum atomic E-state index is -0.542. The minimum Gasteiger partial charge on any atom is -0.366 e. The monoisotopic (exact) mass is 323 g/mol. The van der Waals surface area contributed by atoms with Crippen LogP contribution in [0.2, 0.25) is 5.02 Å². The number of piperidine rings is 1. The fourth-order valence-electron chi connectivity index (χ4n) is 3.02. The number of rotatable bonds is 3. The van der Waals surface area contributed by atoms with E-state index in [1.165, 1.54) is 6.20 Å². The molecule has 0 aromatic carbocycles. The third-order valence-corrected chi connectivity index (χ3v) is 4.48. The lowest BCUT2D eigenvalue weighted by atomic mass is 10.0. The van der Waals surface area contributed by atoms with Gasteiger partial charge in [0.05, 0.1) is 10.6 Å². The molecule has 0 spiro atoms. The Kier molecular flexibility index (Phi) is 4.06. The van der Waals surface area contributed by atoms with Gasteiger partial charge in [0.2, 0.25) is 5.91 Å². The average molecular weight is 324 g/mol. The highest BCUT2D eigenvalue weighted by atomic mass is 35.5. The Morgan fingerprint density at radius 3 is 2.64 bits per heavy atom. The van der Waals surface area contributed by atoms with Gasteiger partial charge in [0.25, 0.3) is 0 Å². The Balaban J connectivity index is 1.66. The number of carbonyl (C=O) groups is 2. The second-order valence-electron chi connectivity index (χ2n) is 5.54. The number of primary amides is 1. The van der Waals surface area contributed by atoms with Crippen molar-refractivity contribution in [1.82, 2.24) is 15.2 Å². The summed E-state index contributed by atoms with van der Waals surface area (Å²) >= 11 is 6.21. The Labute approximate surface area is 133 Å². The first-order chi connectivity index (χ1) is 10.6. The average Bonchev–Trinajstić information content (AvgIpc) is 2.93. The van der Waals surface area contributed by atoms with Crippen molar-refractivity contribution in [3.05, 3.63) is 22.8 Å². The van der Waals surface area contributed by atoms with Crippen LogP contribution in [0.5, 0.6) is 0 Å². The Bertz CT molecular complexity index is 601. The molecule has 0 unspecified atom stereocenters. The molecular formula is C14H18ClN5O2. The Morgan fingerprint density at radius 1 is 1.36 bits per heavy atom. The van der Waals surface area contributed by atoms with E-state index < -0.39 is 5.91 Å². The second kappa shape index (κ2) is 6.00. The van der Waals surface area contributed by atoms with Crippen LogP contribution in [0.25, 0.3) is 0 Å². The molecule has 2 aliphatic heterocycles. The molecule has 2 fully saturated rings. The fraction of sp³-hybridized carbons (Fsp3) is 0.500. The molecule has 1 aromatic rings. The van der Waals surface area contributed by atoms with Crippen molar-refractivity contribution in [3.8, 4) is 0 Å². The summed E-state index contributed by atoms with van der Waals surface area (Å²) in [7, 11) is 0. The number of nitrogens with one attached hydrogen (secondary N) is 1. The Morgan fingerprint density at radius 2 is 2.09 bits per heavy atom. The quantitative estimate of drug-likeness (QED) is 0.861. The minimum absolute atomic E-state index is 0.0282. The topological polar surface area (TPSA) is 91.6 Å². The SMILES string of the molecule is NC(=O)c1cnc(N2CCC(N3CCNC3=O)CC2)c(Cl)c1. The highest BCUT2D eigenvalue weighted by Gasteiger charge is 2.31. The molecule has 2 aliphatic rings. The molecular weight excluding hydrogens is 306 g/mol. The lowest BCUT2D eigenvalue weighted by molar-refractivity contribution is 0.1000. The van der Waals surface area contributed by atoms with E-state index in [0.29, 0.717) is 16.4 Å². The number of amides is 3. The molecule has 0 bridgehead atoms. The summed E-state index contributed by atoms with van der Waals surface area (Å²) in [6, 6.07) is 1.84. The molecule has 8 heteroatoms. The van der Waals surface area contributed by atoms with Crippen molar-refractivity contribution in [1.29, 1.82) is 0 Å². The van der Waals surface area contributed by atoms with Crippen LogP contribution in [0.4, 0.5) is 10.6 Å². The van der Waals surface area contributed by atoms with E-state index in [-0.39, 0.29) is 12.1 Å². The standard InChI is InChI=1S/C14H18ClN5O2/c15-11-7-9(12(16)21)8-18-13(11)19-4-1-10(2-5-19)20-6-3-17-14(20)22/h7-8,10H,1-6H2,(H2,16,21)(H,17,22). The van der Waals surface area contributed by atoms with Crippen LogP contribution in [0.3, 0.4) is 0 Å². The summed E-state index contributed by atoms with van der Waals surface area (Å²) in [5, 5.41) is 3.26. The zero-order chi connectivity index (χ0) is 15.7. The van der Waals surface area contributed by atoms with Gasteiger partial charge in [-0.1, -0.05) is 11.6 Å². The number of hydrogen-bond donors (Lipinski definition) is 2. The molecule has 7 nitrogen and oxygen atoms in total. The number of aromatic nitrogens is 1. The van der Waals surface area contributed by atoms with Crippen LogP contribution < -0.4 is 16.0 Å². The number of carbonyl (C=O) groups excluding carboxylic acids is 2. The van der Waals surface area contributed by atoms with E-state index in [1.807, 2.05) is 4.90 Å². The van der Waals surface area contributed by atoms with E-state index >= 15 is 0 Å². The lowest BCUT2D eigenvalue weighted by Crippen LogP contribution is -2.46. The zero-order valence-electron chi connectivity index (χ0n) is 12.1. The van der Waals surface area contributed by atoms with Crippen molar-refractivity contribution in [3.63, 3.8) is 0 Å². The summed E-state index contributed by atoms with van der Waals surface area (Å²) < 4.78 is 0. The molecule has 1 aromatic heterocycles. The molecule has 3 amide bonds. The molecule has 2 saturated heterocycles. The lowest BCUT2D eigenvalue weighted by Gasteiger charge is -2.37. The van der Waals surface area contributed by atoms with E-state index in [1.54, 1.807) is 6.07 Å². The van der Waals surface area contributed by atoms with E-state index in [9.17, 15) is 9.59 Å². The third-order valence-electron chi connectivity index (χ3n) is 4.20. The maximum Gasteiger partial charge on any atom is 0.317 e. The van der Waals surface area contributed by atoms with Crippen molar-refractivity contribution in [2.75, 3.05) is 31.1 Å². The normalized spacial score (nSPS) is 19.4. The number of anilines is 1. The van der Waals surface area contributed by atoms with Gasteiger partial charge in [-0.2, -0.15) is 0 Å². The van der Waals surface area contributed by atoms with Crippen LogP contribution in [0, 0.1) is 0 Å². The van der Waals surface area contributed by atoms with Gasteiger partial charge in [-0.05, 0) is 18.9 Å². The number of pyridine rings is 1. The first-order valence-corrected chi connectivity index (χ1v) is 7.69. The second-order valence-corrected chi connectivity index (χ2v) is 5.94. The molecule has 3 rings (SSSR count). The van der Waals surface area contributed by atoms with Gasteiger partial charge in [-0.15, -0.1) is 0 Å². The van der Waals surface area contributed by atoms with Gasteiger partial charge in [0, 0.05) is 38.4 Å². The predicted molar refractivity (Wildman–Crippen MR) is 83.1 cm³/mol. The molecule has 118 valence electrons. The maximum absolute atomic E-state index is 11.7. The number of hydrogen-bond acceptors (Lipinski definition) is 4. The first-order valence-electron chi connectivity index (χ1n) is 7.31. The highest BCUT2D eigenvalue weighted by molar-refractivity contribution is 6.33. The number of halogens is 1. The number of nitrogens with two attached hydrogens (primary N) is 1. The number of urea groups is 1. The van der Waals surface area contributed by atoms with Gasteiger partial charge in [-0.25, -0.2) is 9.78 Å². The number of nitrogens with zero attached hydrogens (tertiary/aromatic N) is 3. The summed E-state index contributed by atoms with van der Waals surface area (Å²) in [4.78, 5) is 31.1. The first kappa shape index (κ1) is 14.9. The molecule has 3 heterocycles. The van der Waals surface area contributed by atoms with Crippen molar-refractivity contribution >= 4 is 29.4 Å². The largest absolute Gasteiger partial charge is 0.366 e. The highest BCUT2D eigenvalue weighted by Crippen LogP contribution is 2.28. The van der Waals surface area contributed by atoms with E-state index in [2.05, 4.69) is 15.2 Å². The van der Waals surface area contributed by atoms with Gasteiger partial charge in [-0.3, -0.25) is 4.79 Å². The van der Waals surface area contributed by atoms with Gasteiger partial charge >= 0.3 is 6.03 Å². The molecule has 22 heavy (non-hydrogen) atoms. The van der Waals surface area contributed by atoms with Crippen molar-refractivity contribution < 1.29 is 9.59 Å². The van der Waals surface area contributed by atoms with E-state index in [4.69, 9.17) is 17.3 Å². The molecule has 0 atom stereocenters. The van der Waals surface area contributed by atoms with Crippen molar-refractivity contribution in [2.45, 2.75) is 18.9 Å².